The summed E-state index contributed by atoms with van der Waals surface area (Å²) in [5.74, 6) is 0. The average molecular weight is 355 g/mol. The van der Waals surface area contributed by atoms with E-state index in [1.165, 1.54) is 10.4 Å². The van der Waals surface area contributed by atoms with Gasteiger partial charge < -0.3 is 10.5 Å². The molecule has 1 aromatic carbocycles. The van der Waals surface area contributed by atoms with Crippen molar-refractivity contribution >= 4 is 34.0 Å². The summed E-state index contributed by atoms with van der Waals surface area (Å²) in [5, 5.41) is 0.233. The first kappa shape index (κ1) is 18.7. The first-order chi connectivity index (χ1) is 9.50. The number of rotatable bonds is 4. The summed E-state index contributed by atoms with van der Waals surface area (Å²) in [6.07, 6.45) is 1.33. The van der Waals surface area contributed by atoms with Gasteiger partial charge in [0.15, 0.2) is 0 Å². The van der Waals surface area contributed by atoms with Crippen LogP contribution in [0.3, 0.4) is 0 Å². The molecule has 1 saturated heterocycles. The number of piperidine rings is 1. The minimum absolute atomic E-state index is 0. The van der Waals surface area contributed by atoms with E-state index in [4.69, 9.17) is 22.1 Å². The Hall–Kier alpha value is -0.370. The van der Waals surface area contributed by atoms with E-state index >= 15 is 0 Å². The number of hydrogen-bond donors (Lipinski definition) is 1. The summed E-state index contributed by atoms with van der Waals surface area (Å²) in [7, 11) is -1.98. The summed E-state index contributed by atoms with van der Waals surface area (Å²) in [4.78, 5) is 0.135. The van der Waals surface area contributed by atoms with E-state index in [1.54, 1.807) is 25.3 Å². The molecule has 0 spiro atoms. The molecule has 1 aliphatic rings. The fraction of sp³-hybridized carbons (Fsp3) is 0.538. The van der Waals surface area contributed by atoms with Crippen molar-refractivity contribution < 1.29 is 13.2 Å². The van der Waals surface area contributed by atoms with Crippen LogP contribution in [0.25, 0.3) is 0 Å². The molecule has 0 saturated carbocycles. The molecule has 2 unspecified atom stereocenters. The van der Waals surface area contributed by atoms with Gasteiger partial charge in [0.25, 0.3) is 0 Å². The second kappa shape index (κ2) is 7.76. The van der Waals surface area contributed by atoms with E-state index in [1.807, 2.05) is 0 Å². The van der Waals surface area contributed by atoms with Crippen molar-refractivity contribution in [2.45, 2.75) is 29.9 Å². The highest BCUT2D eigenvalue weighted by molar-refractivity contribution is 7.89. The van der Waals surface area contributed by atoms with Gasteiger partial charge in [-0.2, -0.15) is 4.31 Å². The molecule has 0 aliphatic carbocycles. The van der Waals surface area contributed by atoms with Crippen molar-refractivity contribution in [2.75, 3.05) is 20.2 Å². The van der Waals surface area contributed by atoms with Crippen LogP contribution >= 0.6 is 24.0 Å². The van der Waals surface area contributed by atoms with Gasteiger partial charge in [0, 0.05) is 26.2 Å². The van der Waals surface area contributed by atoms with E-state index in [0.29, 0.717) is 19.4 Å². The fourth-order valence-electron chi connectivity index (χ4n) is 2.52. The topological polar surface area (TPSA) is 72.6 Å². The number of halogens is 2. The number of hydrogen-bond acceptors (Lipinski definition) is 4. The largest absolute Gasteiger partial charge is 0.381 e. The van der Waals surface area contributed by atoms with E-state index in [9.17, 15) is 8.42 Å². The Balaban J connectivity index is 0.00000220. The van der Waals surface area contributed by atoms with Crippen molar-refractivity contribution in [3.63, 3.8) is 0 Å². The van der Waals surface area contributed by atoms with Gasteiger partial charge in [-0.25, -0.2) is 8.42 Å². The number of nitrogens with zero attached hydrogens (tertiary/aromatic N) is 1. The second-order valence-corrected chi connectivity index (χ2v) is 7.08. The van der Waals surface area contributed by atoms with Crippen molar-refractivity contribution in [1.82, 2.24) is 4.31 Å². The molecule has 120 valence electrons. The number of sulfonamides is 1. The summed E-state index contributed by atoms with van der Waals surface area (Å²) < 4.78 is 32.2. The summed E-state index contributed by atoms with van der Waals surface area (Å²) >= 11 is 6.01. The Morgan fingerprint density at radius 2 is 2.10 bits per heavy atom. The fourth-order valence-corrected chi connectivity index (χ4v) is 4.67. The molecule has 0 radical (unpaired) electrons. The van der Waals surface area contributed by atoms with E-state index in [-0.39, 0.29) is 41.0 Å². The van der Waals surface area contributed by atoms with Crippen LogP contribution in [0.5, 0.6) is 0 Å². The number of nitrogens with two attached hydrogens (primary N) is 1. The Kier molecular flexibility index (Phi) is 6.90. The SMILES string of the molecule is COC1CCN(S(=O)(=O)c2ccccc2Cl)C(CN)C1.Cl. The van der Waals surface area contributed by atoms with Crippen molar-refractivity contribution in [3.8, 4) is 0 Å². The third-order valence-corrected chi connectivity index (χ3v) is 6.09. The lowest BCUT2D eigenvalue weighted by Gasteiger charge is -2.37. The zero-order valence-corrected chi connectivity index (χ0v) is 14.1. The Morgan fingerprint density at radius 3 is 2.67 bits per heavy atom. The van der Waals surface area contributed by atoms with Gasteiger partial charge in [-0.3, -0.25) is 0 Å². The molecule has 5 nitrogen and oxygen atoms in total. The zero-order chi connectivity index (χ0) is 14.8. The molecule has 1 aromatic rings. The standard InChI is InChI=1S/C13H19ClN2O3S.ClH/c1-19-11-6-7-16(10(8-11)9-15)20(17,18)13-5-3-2-4-12(13)14;/h2-5,10-11H,6-9,15H2,1H3;1H. The highest BCUT2D eigenvalue weighted by Crippen LogP contribution is 2.29. The maximum Gasteiger partial charge on any atom is 0.244 e. The summed E-state index contributed by atoms with van der Waals surface area (Å²) in [6.45, 7) is 0.664. The lowest BCUT2D eigenvalue weighted by molar-refractivity contribution is 0.0401. The number of ether oxygens (including phenoxy) is 1. The van der Waals surface area contributed by atoms with Crippen LogP contribution in [0.4, 0.5) is 0 Å². The molecular formula is C13H20Cl2N2O3S. The highest BCUT2D eigenvalue weighted by Gasteiger charge is 2.36. The van der Waals surface area contributed by atoms with Crippen LogP contribution in [0, 0.1) is 0 Å². The molecule has 2 N–H and O–H groups in total. The predicted octanol–water partition coefficient (Wildman–Crippen LogP) is 1.89. The van der Waals surface area contributed by atoms with Gasteiger partial charge in [0.05, 0.1) is 11.1 Å². The van der Waals surface area contributed by atoms with Crippen LogP contribution < -0.4 is 5.73 Å². The molecule has 0 amide bonds. The Labute approximate surface area is 136 Å². The van der Waals surface area contributed by atoms with Gasteiger partial charge in [0.2, 0.25) is 10.0 Å². The van der Waals surface area contributed by atoms with Gasteiger partial charge >= 0.3 is 0 Å². The Morgan fingerprint density at radius 1 is 1.43 bits per heavy atom. The normalized spacial score (nSPS) is 23.6. The van der Waals surface area contributed by atoms with Crippen molar-refractivity contribution in [2.24, 2.45) is 5.73 Å². The van der Waals surface area contributed by atoms with Crippen LogP contribution in [-0.4, -0.2) is 45.1 Å². The van der Waals surface area contributed by atoms with Crippen LogP contribution in [0.2, 0.25) is 5.02 Å². The molecule has 8 heteroatoms. The maximum absolute atomic E-state index is 12.7. The quantitative estimate of drug-likeness (QED) is 0.895. The Bertz CT molecular complexity index is 568. The minimum atomic E-state index is -3.62. The number of benzene rings is 1. The summed E-state index contributed by atoms with van der Waals surface area (Å²) in [5.41, 5.74) is 5.73. The van der Waals surface area contributed by atoms with Gasteiger partial charge in [-0.05, 0) is 25.0 Å². The molecule has 1 aliphatic heterocycles. The van der Waals surface area contributed by atoms with Crippen molar-refractivity contribution in [3.05, 3.63) is 29.3 Å². The molecular weight excluding hydrogens is 335 g/mol. The van der Waals surface area contributed by atoms with Crippen LogP contribution in [-0.2, 0) is 14.8 Å². The molecule has 0 bridgehead atoms. The monoisotopic (exact) mass is 354 g/mol. The van der Waals surface area contributed by atoms with Gasteiger partial charge in [-0.1, -0.05) is 23.7 Å². The minimum Gasteiger partial charge on any atom is -0.381 e. The second-order valence-electron chi connectivity index (χ2n) is 4.82. The van der Waals surface area contributed by atoms with Gasteiger partial charge in [0.1, 0.15) is 4.90 Å². The molecule has 21 heavy (non-hydrogen) atoms. The summed E-state index contributed by atoms with van der Waals surface area (Å²) in [6, 6.07) is 6.22. The molecule has 1 fully saturated rings. The molecule has 2 rings (SSSR count). The molecule has 2 atom stereocenters. The van der Waals surface area contributed by atoms with Crippen molar-refractivity contribution in [1.29, 1.82) is 0 Å². The maximum atomic E-state index is 12.7. The van der Waals surface area contributed by atoms with E-state index in [2.05, 4.69) is 0 Å². The average Bonchev–Trinajstić information content (AvgIpc) is 2.46. The first-order valence-electron chi connectivity index (χ1n) is 6.50. The van der Waals surface area contributed by atoms with Gasteiger partial charge in [-0.15, -0.1) is 12.4 Å². The van der Waals surface area contributed by atoms with E-state index < -0.39 is 10.0 Å². The lowest BCUT2D eigenvalue weighted by Crippen LogP contribution is -2.51. The number of methoxy groups -OCH3 is 1. The molecule has 1 heterocycles. The molecule has 0 aromatic heterocycles. The zero-order valence-electron chi connectivity index (χ0n) is 11.7. The predicted molar refractivity (Wildman–Crippen MR) is 85.5 cm³/mol. The highest BCUT2D eigenvalue weighted by atomic mass is 35.5. The van der Waals surface area contributed by atoms with E-state index in [0.717, 1.165) is 0 Å². The first-order valence-corrected chi connectivity index (χ1v) is 8.31. The third-order valence-electron chi connectivity index (χ3n) is 3.64. The third kappa shape index (κ3) is 3.88. The lowest BCUT2D eigenvalue weighted by atomic mass is 10.0. The van der Waals surface area contributed by atoms with Crippen LogP contribution in [0.1, 0.15) is 12.8 Å². The smallest absolute Gasteiger partial charge is 0.244 e. The van der Waals surface area contributed by atoms with Crippen LogP contribution in [0.15, 0.2) is 29.2 Å².